The van der Waals surface area contributed by atoms with Gasteiger partial charge >= 0.3 is 0 Å². The van der Waals surface area contributed by atoms with Crippen LogP contribution in [0, 0.1) is 0 Å². The summed E-state index contributed by atoms with van der Waals surface area (Å²) in [5.41, 5.74) is 2.85. The van der Waals surface area contributed by atoms with Crippen molar-refractivity contribution in [2.45, 2.75) is 58.7 Å². The molecule has 7 nitrogen and oxygen atoms in total. The van der Waals surface area contributed by atoms with Crippen molar-refractivity contribution in [3.8, 4) is 28.6 Å². The van der Waals surface area contributed by atoms with Crippen LogP contribution in [0.4, 0.5) is 0 Å². The van der Waals surface area contributed by atoms with Crippen molar-refractivity contribution >= 4 is 0 Å². The summed E-state index contributed by atoms with van der Waals surface area (Å²) < 4.78 is 19.4. The number of methoxy groups -OCH3 is 1. The molecule has 1 N–H and O–H groups in total. The topological polar surface area (TPSA) is 69.0 Å². The van der Waals surface area contributed by atoms with E-state index in [4.69, 9.17) is 19.3 Å². The van der Waals surface area contributed by atoms with Crippen LogP contribution in [0.5, 0.6) is 17.4 Å². The van der Waals surface area contributed by atoms with Gasteiger partial charge in [0.15, 0.2) is 11.5 Å². The highest BCUT2D eigenvalue weighted by Crippen LogP contribution is 2.37. The second-order valence-electron chi connectivity index (χ2n) is 9.14. The van der Waals surface area contributed by atoms with Crippen LogP contribution in [-0.2, 0) is 18.3 Å². The fourth-order valence-corrected chi connectivity index (χ4v) is 4.11. The standard InChI is InChI=1S/C29H41N3O4/c1-6-8-18-35-21-24(33)19-32(22(3)7-2)20-25-28(23-14-10-9-11-15-23)30-31(4)29(25)36-27-17-13-12-16-26(27)34-5/h9-17,22,24,33H,6-8,18-21H2,1-5H3. The Morgan fingerprint density at radius 1 is 1.03 bits per heavy atom. The summed E-state index contributed by atoms with van der Waals surface area (Å²) in [4.78, 5) is 2.28. The summed E-state index contributed by atoms with van der Waals surface area (Å²) >= 11 is 0. The highest BCUT2D eigenvalue weighted by Gasteiger charge is 2.26. The maximum absolute atomic E-state index is 10.8. The number of benzene rings is 2. The molecule has 0 saturated carbocycles. The SMILES string of the molecule is CCCCOCC(O)CN(Cc1c(-c2ccccc2)nn(C)c1Oc1ccccc1OC)C(C)CC. The van der Waals surface area contributed by atoms with Crippen molar-refractivity contribution in [1.82, 2.24) is 14.7 Å². The number of unbranched alkanes of at least 4 members (excludes halogenated alkanes) is 1. The van der Waals surface area contributed by atoms with Crippen LogP contribution in [-0.4, -0.2) is 58.8 Å². The second-order valence-corrected chi connectivity index (χ2v) is 9.14. The van der Waals surface area contributed by atoms with E-state index in [9.17, 15) is 5.11 Å². The third-order valence-electron chi connectivity index (χ3n) is 6.38. The molecule has 2 atom stereocenters. The molecule has 36 heavy (non-hydrogen) atoms. The predicted molar refractivity (Wildman–Crippen MR) is 144 cm³/mol. The first-order valence-corrected chi connectivity index (χ1v) is 12.9. The van der Waals surface area contributed by atoms with Crippen molar-refractivity contribution in [3.05, 3.63) is 60.2 Å². The normalized spacial score (nSPS) is 13.1. The highest BCUT2D eigenvalue weighted by atomic mass is 16.5. The summed E-state index contributed by atoms with van der Waals surface area (Å²) in [6.07, 6.45) is 2.45. The van der Waals surface area contributed by atoms with Gasteiger partial charge in [0.05, 0.1) is 25.4 Å². The number of ether oxygens (including phenoxy) is 3. The minimum absolute atomic E-state index is 0.248. The maximum Gasteiger partial charge on any atom is 0.222 e. The first-order chi connectivity index (χ1) is 17.5. The monoisotopic (exact) mass is 495 g/mol. The average Bonchev–Trinajstić information content (AvgIpc) is 3.21. The summed E-state index contributed by atoms with van der Waals surface area (Å²) in [5, 5.41) is 15.6. The molecule has 0 bridgehead atoms. The quantitative estimate of drug-likeness (QED) is 0.274. The molecular weight excluding hydrogens is 454 g/mol. The van der Waals surface area contributed by atoms with Crippen molar-refractivity contribution < 1.29 is 19.3 Å². The lowest BCUT2D eigenvalue weighted by Crippen LogP contribution is -2.40. The number of hydrogen-bond acceptors (Lipinski definition) is 6. The molecule has 0 radical (unpaired) electrons. The zero-order valence-corrected chi connectivity index (χ0v) is 22.3. The number of rotatable bonds is 15. The van der Waals surface area contributed by atoms with E-state index in [0.29, 0.717) is 43.7 Å². The number of aliphatic hydroxyl groups is 1. The molecule has 2 unspecified atom stereocenters. The molecule has 2 aromatic carbocycles. The zero-order valence-electron chi connectivity index (χ0n) is 22.3. The largest absolute Gasteiger partial charge is 0.493 e. The lowest BCUT2D eigenvalue weighted by atomic mass is 10.1. The van der Waals surface area contributed by atoms with Gasteiger partial charge in [0.2, 0.25) is 5.88 Å². The third kappa shape index (κ3) is 7.32. The van der Waals surface area contributed by atoms with Gasteiger partial charge in [-0.3, -0.25) is 4.90 Å². The maximum atomic E-state index is 10.8. The Morgan fingerprint density at radius 3 is 2.39 bits per heavy atom. The Labute approximate surface area is 215 Å². The molecule has 0 aliphatic heterocycles. The van der Waals surface area contributed by atoms with Gasteiger partial charge in [0, 0.05) is 38.3 Å². The van der Waals surface area contributed by atoms with E-state index in [-0.39, 0.29) is 6.04 Å². The van der Waals surface area contributed by atoms with Gasteiger partial charge in [0.25, 0.3) is 0 Å². The summed E-state index contributed by atoms with van der Waals surface area (Å²) in [5.74, 6) is 1.94. The molecule has 3 aromatic rings. The van der Waals surface area contributed by atoms with E-state index in [1.165, 1.54) is 0 Å². The van der Waals surface area contributed by atoms with Crippen molar-refractivity contribution in [2.75, 3.05) is 26.9 Å². The van der Waals surface area contributed by atoms with E-state index in [1.807, 2.05) is 49.5 Å². The molecule has 1 aromatic heterocycles. The van der Waals surface area contributed by atoms with Gasteiger partial charge in [0.1, 0.15) is 5.69 Å². The predicted octanol–water partition coefficient (Wildman–Crippen LogP) is 5.67. The highest BCUT2D eigenvalue weighted by molar-refractivity contribution is 5.66. The molecule has 7 heteroatoms. The lowest BCUT2D eigenvalue weighted by molar-refractivity contribution is 0.00665. The van der Waals surface area contributed by atoms with Gasteiger partial charge in [-0.05, 0) is 31.9 Å². The fraction of sp³-hybridized carbons (Fsp3) is 0.483. The zero-order chi connectivity index (χ0) is 25.9. The number of aromatic nitrogens is 2. The van der Waals surface area contributed by atoms with Crippen LogP contribution >= 0.6 is 0 Å². The van der Waals surface area contributed by atoms with Gasteiger partial charge < -0.3 is 19.3 Å². The minimum Gasteiger partial charge on any atom is -0.493 e. The number of aliphatic hydroxyl groups excluding tert-OH is 1. The van der Waals surface area contributed by atoms with Crippen LogP contribution < -0.4 is 9.47 Å². The van der Waals surface area contributed by atoms with E-state index in [0.717, 1.165) is 36.1 Å². The number of hydrogen-bond donors (Lipinski definition) is 1. The van der Waals surface area contributed by atoms with Crippen molar-refractivity contribution in [2.24, 2.45) is 7.05 Å². The van der Waals surface area contributed by atoms with Crippen LogP contribution in [0.15, 0.2) is 54.6 Å². The van der Waals surface area contributed by atoms with Crippen LogP contribution in [0.25, 0.3) is 11.3 Å². The van der Waals surface area contributed by atoms with Crippen molar-refractivity contribution in [1.29, 1.82) is 0 Å². The van der Waals surface area contributed by atoms with Crippen LogP contribution in [0.3, 0.4) is 0 Å². The molecule has 0 fully saturated rings. The first-order valence-electron chi connectivity index (χ1n) is 12.9. The van der Waals surface area contributed by atoms with Crippen LogP contribution in [0.1, 0.15) is 45.6 Å². The Bertz CT molecular complexity index is 1050. The number of aryl methyl sites for hydroxylation is 1. The van der Waals surface area contributed by atoms with E-state index in [1.54, 1.807) is 11.8 Å². The van der Waals surface area contributed by atoms with Crippen molar-refractivity contribution in [3.63, 3.8) is 0 Å². The molecular formula is C29H41N3O4. The Morgan fingerprint density at radius 2 is 1.72 bits per heavy atom. The smallest absolute Gasteiger partial charge is 0.222 e. The Kier molecular flexibility index (Phi) is 10.8. The number of nitrogens with zero attached hydrogens (tertiary/aromatic N) is 3. The van der Waals surface area contributed by atoms with Gasteiger partial charge in [-0.2, -0.15) is 5.10 Å². The minimum atomic E-state index is -0.578. The number of para-hydroxylation sites is 2. The molecule has 0 spiro atoms. The Balaban J connectivity index is 1.95. The van der Waals surface area contributed by atoms with Gasteiger partial charge in [-0.15, -0.1) is 0 Å². The van der Waals surface area contributed by atoms with E-state index in [2.05, 4.69) is 37.8 Å². The summed E-state index contributed by atoms with van der Waals surface area (Å²) in [7, 11) is 3.53. The van der Waals surface area contributed by atoms with E-state index >= 15 is 0 Å². The van der Waals surface area contributed by atoms with E-state index < -0.39 is 6.10 Å². The average molecular weight is 496 g/mol. The molecule has 0 aliphatic carbocycles. The molecule has 0 amide bonds. The summed E-state index contributed by atoms with van der Waals surface area (Å²) in [6, 6.07) is 18.0. The van der Waals surface area contributed by atoms with Gasteiger partial charge in [-0.1, -0.05) is 62.7 Å². The first kappa shape index (κ1) is 27.7. The molecule has 3 rings (SSSR count). The summed E-state index contributed by atoms with van der Waals surface area (Å²) in [6.45, 7) is 8.55. The molecule has 196 valence electrons. The molecule has 0 aliphatic rings. The second kappa shape index (κ2) is 14.0. The third-order valence-corrected chi connectivity index (χ3v) is 6.38. The van der Waals surface area contributed by atoms with Gasteiger partial charge in [-0.25, -0.2) is 4.68 Å². The fourth-order valence-electron chi connectivity index (χ4n) is 4.11. The lowest BCUT2D eigenvalue weighted by Gasteiger charge is -2.30. The molecule has 1 heterocycles. The Hall–Kier alpha value is -2.87. The van der Waals surface area contributed by atoms with Crippen LogP contribution in [0.2, 0.25) is 0 Å². The molecule has 0 saturated heterocycles.